The lowest BCUT2D eigenvalue weighted by Crippen LogP contribution is -2.14. The quantitative estimate of drug-likeness (QED) is 0.808. The standard InChI is InChI=1S/C17H17NO2.ClH/c1-2-20-17(19)13-7-9-16(10-8-13)18-11-14-5-3-4-6-15(14)12-18;/h3-10H,2,11-12H2,1H3;1H. The van der Waals surface area contributed by atoms with E-state index in [-0.39, 0.29) is 18.4 Å². The van der Waals surface area contributed by atoms with Crippen LogP contribution in [0.4, 0.5) is 5.69 Å². The molecular weight excluding hydrogens is 286 g/mol. The first-order chi connectivity index (χ1) is 9.78. The molecule has 0 amide bonds. The number of carbonyl (C=O) groups excluding carboxylic acids is 1. The first-order valence-corrected chi connectivity index (χ1v) is 6.87. The van der Waals surface area contributed by atoms with E-state index in [1.165, 1.54) is 11.1 Å². The highest BCUT2D eigenvalue weighted by molar-refractivity contribution is 5.89. The first kappa shape index (κ1) is 15.4. The molecule has 1 aliphatic rings. The largest absolute Gasteiger partial charge is 0.462 e. The zero-order chi connectivity index (χ0) is 13.9. The van der Waals surface area contributed by atoms with Crippen LogP contribution in [0.15, 0.2) is 48.5 Å². The fraction of sp³-hybridized carbons (Fsp3) is 0.235. The second-order valence-corrected chi connectivity index (χ2v) is 4.89. The Bertz CT molecular complexity index is 600. The Morgan fingerprint density at radius 3 is 2.14 bits per heavy atom. The molecule has 0 saturated heterocycles. The van der Waals surface area contributed by atoms with E-state index in [1.54, 1.807) is 0 Å². The van der Waals surface area contributed by atoms with Crippen molar-refractivity contribution in [1.29, 1.82) is 0 Å². The molecular formula is C17H18ClNO2. The van der Waals surface area contributed by atoms with Gasteiger partial charge in [0.2, 0.25) is 0 Å². The van der Waals surface area contributed by atoms with Crippen molar-refractivity contribution in [2.24, 2.45) is 0 Å². The van der Waals surface area contributed by atoms with Gasteiger partial charge in [-0.2, -0.15) is 0 Å². The third-order valence-electron chi connectivity index (χ3n) is 3.58. The van der Waals surface area contributed by atoms with Crippen molar-refractivity contribution in [2.45, 2.75) is 20.0 Å². The minimum absolute atomic E-state index is 0. The number of esters is 1. The number of hydrogen-bond acceptors (Lipinski definition) is 3. The number of nitrogens with zero attached hydrogens (tertiary/aromatic N) is 1. The van der Waals surface area contributed by atoms with E-state index < -0.39 is 0 Å². The Hall–Kier alpha value is -2.00. The van der Waals surface area contributed by atoms with Crippen LogP contribution in [-0.4, -0.2) is 12.6 Å². The molecule has 0 N–H and O–H groups in total. The molecule has 0 radical (unpaired) electrons. The molecule has 0 aliphatic carbocycles. The molecule has 4 heteroatoms. The molecule has 1 aliphatic heterocycles. The Balaban J connectivity index is 0.00000161. The number of benzene rings is 2. The fourth-order valence-electron chi connectivity index (χ4n) is 2.54. The van der Waals surface area contributed by atoms with Crippen LogP contribution in [0, 0.1) is 0 Å². The van der Waals surface area contributed by atoms with Crippen LogP contribution in [0.25, 0.3) is 0 Å². The summed E-state index contributed by atoms with van der Waals surface area (Å²) in [6, 6.07) is 16.1. The van der Waals surface area contributed by atoms with Gasteiger partial charge in [0.1, 0.15) is 0 Å². The van der Waals surface area contributed by atoms with E-state index in [9.17, 15) is 4.79 Å². The molecule has 3 nitrogen and oxygen atoms in total. The van der Waals surface area contributed by atoms with Crippen LogP contribution in [0.2, 0.25) is 0 Å². The third-order valence-corrected chi connectivity index (χ3v) is 3.58. The summed E-state index contributed by atoms with van der Waals surface area (Å²) in [4.78, 5) is 13.9. The number of hydrogen-bond donors (Lipinski definition) is 0. The van der Waals surface area contributed by atoms with Crippen molar-refractivity contribution in [3.05, 3.63) is 65.2 Å². The summed E-state index contributed by atoms with van der Waals surface area (Å²) in [5.74, 6) is -0.260. The molecule has 110 valence electrons. The average molecular weight is 304 g/mol. The lowest BCUT2D eigenvalue weighted by Gasteiger charge is -2.17. The number of ether oxygens (including phenoxy) is 1. The normalized spacial score (nSPS) is 12.5. The first-order valence-electron chi connectivity index (χ1n) is 6.87. The van der Waals surface area contributed by atoms with Gasteiger partial charge < -0.3 is 9.64 Å². The summed E-state index contributed by atoms with van der Waals surface area (Å²) in [7, 11) is 0. The van der Waals surface area contributed by atoms with Gasteiger partial charge in [0, 0.05) is 18.8 Å². The summed E-state index contributed by atoms with van der Waals surface area (Å²) in [5, 5.41) is 0. The molecule has 0 saturated carbocycles. The minimum Gasteiger partial charge on any atom is -0.462 e. The van der Waals surface area contributed by atoms with Gasteiger partial charge in [-0.25, -0.2) is 4.79 Å². The minimum atomic E-state index is -0.260. The van der Waals surface area contributed by atoms with E-state index in [1.807, 2.05) is 31.2 Å². The van der Waals surface area contributed by atoms with Gasteiger partial charge in [-0.15, -0.1) is 12.4 Å². The predicted octanol–water partition coefficient (Wildman–Crippen LogP) is 3.81. The van der Waals surface area contributed by atoms with Crippen LogP contribution < -0.4 is 4.90 Å². The van der Waals surface area contributed by atoms with Gasteiger partial charge >= 0.3 is 5.97 Å². The molecule has 0 bridgehead atoms. The maximum atomic E-state index is 11.6. The number of anilines is 1. The smallest absolute Gasteiger partial charge is 0.338 e. The Labute approximate surface area is 130 Å². The summed E-state index contributed by atoms with van der Waals surface area (Å²) >= 11 is 0. The lowest BCUT2D eigenvalue weighted by atomic mass is 10.1. The Morgan fingerprint density at radius 1 is 1.05 bits per heavy atom. The van der Waals surface area contributed by atoms with Crippen LogP contribution >= 0.6 is 12.4 Å². The summed E-state index contributed by atoms with van der Waals surface area (Å²) in [6.07, 6.45) is 0. The topological polar surface area (TPSA) is 29.5 Å². The average Bonchev–Trinajstić information content (AvgIpc) is 2.91. The van der Waals surface area contributed by atoms with Crippen molar-refractivity contribution < 1.29 is 9.53 Å². The van der Waals surface area contributed by atoms with Crippen molar-refractivity contribution in [3.8, 4) is 0 Å². The van der Waals surface area contributed by atoms with Crippen molar-refractivity contribution in [3.63, 3.8) is 0 Å². The second kappa shape index (κ2) is 6.64. The molecule has 3 rings (SSSR count). The summed E-state index contributed by atoms with van der Waals surface area (Å²) in [6.45, 7) is 4.07. The summed E-state index contributed by atoms with van der Waals surface area (Å²) in [5.41, 5.74) is 4.49. The molecule has 1 heterocycles. The maximum Gasteiger partial charge on any atom is 0.338 e. The van der Waals surface area contributed by atoms with E-state index in [0.29, 0.717) is 12.2 Å². The van der Waals surface area contributed by atoms with Crippen molar-refractivity contribution in [1.82, 2.24) is 0 Å². The molecule has 21 heavy (non-hydrogen) atoms. The summed E-state index contributed by atoms with van der Waals surface area (Å²) < 4.78 is 4.99. The predicted molar refractivity (Wildman–Crippen MR) is 86.0 cm³/mol. The number of rotatable bonds is 3. The molecule has 2 aromatic rings. The highest BCUT2D eigenvalue weighted by Gasteiger charge is 2.18. The zero-order valence-corrected chi connectivity index (χ0v) is 12.7. The van der Waals surface area contributed by atoms with E-state index in [4.69, 9.17) is 4.74 Å². The lowest BCUT2D eigenvalue weighted by molar-refractivity contribution is 0.0526. The van der Waals surface area contributed by atoms with Gasteiger partial charge in [-0.1, -0.05) is 24.3 Å². The van der Waals surface area contributed by atoms with E-state index in [2.05, 4.69) is 29.2 Å². The molecule has 0 aromatic heterocycles. The number of fused-ring (bicyclic) bond motifs is 1. The van der Waals surface area contributed by atoms with E-state index in [0.717, 1.165) is 18.8 Å². The number of halogens is 1. The Morgan fingerprint density at radius 2 is 1.62 bits per heavy atom. The zero-order valence-electron chi connectivity index (χ0n) is 11.9. The Kier molecular flexibility index (Phi) is 4.86. The van der Waals surface area contributed by atoms with Gasteiger partial charge in [-0.05, 0) is 42.3 Å². The van der Waals surface area contributed by atoms with Crippen molar-refractivity contribution >= 4 is 24.1 Å². The van der Waals surface area contributed by atoms with Crippen LogP contribution in [0.1, 0.15) is 28.4 Å². The highest BCUT2D eigenvalue weighted by Crippen LogP contribution is 2.28. The number of carbonyl (C=O) groups is 1. The monoisotopic (exact) mass is 303 g/mol. The third kappa shape index (κ3) is 3.19. The fourth-order valence-corrected chi connectivity index (χ4v) is 2.54. The van der Waals surface area contributed by atoms with E-state index >= 15 is 0 Å². The van der Waals surface area contributed by atoms with Crippen LogP contribution in [0.3, 0.4) is 0 Å². The SMILES string of the molecule is CCOC(=O)c1ccc(N2Cc3ccccc3C2)cc1.Cl. The maximum absolute atomic E-state index is 11.6. The van der Waals surface area contributed by atoms with Gasteiger partial charge in [0.15, 0.2) is 0 Å². The van der Waals surface area contributed by atoms with Gasteiger partial charge in [0.25, 0.3) is 0 Å². The molecule has 0 atom stereocenters. The highest BCUT2D eigenvalue weighted by atomic mass is 35.5. The molecule has 0 fully saturated rings. The van der Waals surface area contributed by atoms with Crippen LogP contribution in [-0.2, 0) is 17.8 Å². The van der Waals surface area contributed by atoms with Gasteiger partial charge in [0.05, 0.1) is 12.2 Å². The van der Waals surface area contributed by atoms with Crippen LogP contribution in [0.5, 0.6) is 0 Å². The van der Waals surface area contributed by atoms with Gasteiger partial charge in [-0.3, -0.25) is 0 Å². The molecule has 2 aromatic carbocycles. The second-order valence-electron chi connectivity index (χ2n) is 4.89. The molecule has 0 spiro atoms. The molecule has 0 unspecified atom stereocenters. The van der Waals surface area contributed by atoms with Crippen molar-refractivity contribution in [2.75, 3.05) is 11.5 Å².